The van der Waals surface area contributed by atoms with Gasteiger partial charge in [0.25, 0.3) is 0 Å². The van der Waals surface area contributed by atoms with E-state index in [1.54, 1.807) is 0 Å². The van der Waals surface area contributed by atoms with Gasteiger partial charge < -0.3 is 9.84 Å². The highest BCUT2D eigenvalue weighted by Crippen LogP contribution is 2.37. The first kappa shape index (κ1) is 14.6. The lowest BCUT2D eigenvalue weighted by molar-refractivity contribution is -0.138. The predicted molar refractivity (Wildman–Crippen MR) is 66.7 cm³/mol. The summed E-state index contributed by atoms with van der Waals surface area (Å²) in [7, 11) is 0. The van der Waals surface area contributed by atoms with Gasteiger partial charge in [0.2, 0.25) is 5.88 Å². The summed E-state index contributed by atoms with van der Waals surface area (Å²) in [6.45, 7) is -0.362. The van der Waals surface area contributed by atoms with E-state index in [1.807, 2.05) is 0 Å². The number of nitrogens with zero attached hydrogens (tertiary/aromatic N) is 1. The van der Waals surface area contributed by atoms with Crippen LogP contribution in [-0.4, -0.2) is 10.1 Å². The number of ether oxygens (including phenoxy) is 1. The Balaban J connectivity index is 2.36. The molecule has 0 spiro atoms. The minimum Gasteiger partial charge on any atom is -0.438 e. The summed E-state index contributed by atoms with van der Waals surface area (Å²) in [5.74, 6) is -0.436. The lowest BCUT2D eigenvalue weighted by Gasteiger charge is -2.13. The standard InChI is InChI=1S/C13H9ClF3NO2/c14-10-6-18-12(5-8(10)7-19)20-11-4-2-1-3-9(11)13(15,16)17/h1-6,19H,7H2. The monoisotopic (exact) mass is 303 g/mol. The summed E-state index contributed by atoms with van der Waals surface area (Å²) in [5, 5.41) is 9.26. The molecule has 1 N–H and O–H groups in total. The van der Waals surface area contributed by atoms with Crippen LogP contribution in [0.25, 0.3) is 0 Å². The molecule has 0 unspecified atom stereocenters. The van der Waals surface area contributed by atoms with Crippen molar-refractivity contribution in [3.8, 4) is 11.6 Å². The molecular formula is C13H9ClF3NO2. The second-order valence-electron chi connectivity index (χ2n) is 3.87. The summed E-state index contributed by atoms with van der Waals surface area (Å²) < 4.78 is 43.5. The molecule has 106 valence electrons. The molecule has 3 nitrogen and oxygen atoms in total. The van der Waals surface area contributed by atoms with Crippen LogP contribution in [0.5, 0.6) is 11.6 Å². The minimum atomic E-state index is -4.52. The average molecular weight is 304 g/mol. The maximum absolute atomic E-state index is 12.8. The molecule has 20 heavy (non-hydrogen) atoms. The Morgan fingerprint density at radius 2 is 1.95 bits per heavy atom. The number of hydrogen-bond acceptors (Lipinski definition) is 3. The smallest absolute Gasteiger partial charge is 0.419 e. The number of rotatable bonds is 3. The summed E-state index contributed by atoms with van der Waals surface area (Å²) in [6.07, 6.45) is -3.32. The summed E-state index contributed by atoms with van der Waals surface area (Å²) >= 11 is 5.75. The van der Waals surface area contributed by atoms with Gasteiger partial charge in [-0.25, -0.2) is 4.98 Å². The molecule has 1 aromatic carbocycles. The highest BCUT2D eigenvalue weighted by molar-refractivity contribution is 6.31. The van der Waals surface area contributed by atoms with Crippen molar-refractivity contribution in [1.29, 1.82) is 0 Å². The number of hydrogen-bond donors (Lipinski definition) is 1. The molecule has 0 fully saturated rings. The van der Waals surface area contributed by atoms with E-state index >= 15 is 0 Å². The summed E-state index contributed by atoms with van der Waals surface area (Å²) in [4.78, 5) is 3.77. The Morgan fingerprint density at radius 1 is 1.25 bits per heavy atom. The van der Waals surface area contributed by atoms with Gasteiger partial charge in [0, 0.05) is 17.8 Å². The first-order chi connectivity index (χ1) is 9.41. The van der Waals surface area contributed by atoms with Gasteiger partial charge in [-0.1, -0.05) is 23.7 Å². The van der Waals surface area contributed by atoms with Gasteiger partial charge in [-0.05, 0) is 12.1 Å². The number of benzene rings is 1. The molecule has 7 heteroatoms. The molecule has 0 amide bonds. The Bertz CT molecular complexity index is 617. The highest BCUT2D eigenvalue weighted by atomic mass is 35.5. The third-order valence-electron chi connectivity index (χ3n) is 2.49. The van der Waals surface area contributed by atoms with Gasteiger partial charge in [0.15, 0.2) is 0 Å². The summed E-state index contributed by atoms with van der Waals surface area (Å²) in [6, 6.07) is 6.09. The van der Waals surface area contributed by atoms with Crippen LogP contribution in [-0.2, 0) is 12.8 Å². The molecule has 2 rings (SSSR count). The average Bonchev–Trinajstić information content (AvgIpc) is 2.40. The van der Waals surface area contributed by atoms with Crippen LogP contribution in [0.15, 0.2) is 36.5 Å². The molecule has 1 aromatic heterocycles. The van der Waals surface area contributed by atoms with Crippen LogP contribution in [0.2, 0.25) is 5.02 Å². The van der Waals surface area contributed by atoms with Crippen molar-refractivity contribution >= 4 is 11.6 Å². The molecule has 0 aliphatic rings. The van der Waals surface area contributed by atoms with Crippen molar-refractivity contribution in [2.45, 2.75) is 12.8 Å². The Morgan fingerprint density at radius 3 is 2.60 bits per heavy atom. The zero-order valence-electron chi connectivity index (χ0n) is 9.99. The third-order valence-corrected chi connectivity index (χ3v) is 2.83. The molecular weight excluding hydrogens is 295 g/mol. The SMILES string of the molecule is OCc1cc(Oc2ccccc2C(F)(F)F)ncc1Cl. The lowest BCUT2D eigenvalue weighted by Crippen LogP contribution is -2.07. The fourth-order valence-electron chi connectivity index (χ4n) is 1.54. The molecule has 1 heterocycles. The van der Waals surface area contributed by atoms with Crippen LogP contribution < -0.4 is 4.74 Å². The Labute approximate surface area is 117 Å². The topological polar surface area (TPSA) is 42.4 Å². The Hall–Kier alpha value is -1.79. The van der Waals surface area contributed by atoms with Crippen LogP contribution in [0.3, 0.4) is 0 Å². The van der Waals surface area contributed by atoms with E-state index in [4.69, 9.17) is 21.4 Å². The Kier molecular flexibility index (Phi) is 4.15. The van der Waals surface area contributed by atoms with Crippen LogP contribution >= 0.6 is 11.6 Å². The number of aromatic nitrogens is 1. The predicted octanol–water partition coefficient (Wildman–Crippen LogP) is 4.04. The molecule has 0 saturated heterocycles. The fraction of sp³-hybridized carbons (Fsp3) is 0.154. The van der Waals surface area contributed by atoms with Crippen LogP contribution in [0, 0.1) is 0 Å². The highest BCUT2D eigenvalue weighted by Gasteiger charge is 2.34. The fourth-order valence-corrected chi connectivity index (χ4v) is 1.70. The van der Waals surface area contributed by atoms with Gasteiger partial charge in [0.1, 0.15) is 5.75 Å². The third kappa shape index (κ3) is 3.20. The number of pyridine rings is 1. The summed E-state index contributed by atoms with van der Waals surface area (Å²) in [5.41, 5.74) is -0.580. The number of aliphatic hydroxyl groups excluding tert-OH is 1. The zero-order chi connectivity index (χ0) is 14.8. The minimum absolute atomic E-state index is 0.0739. The molecule has 0 aliphatic carbocycles. The van der Waals surface area contributed by atoms with E-state index in [1.165, 1.54) is 30.5 Å². The molecule has 0 saturated carbocycles. The van der Waals surface area contributed by atoms with Crippen molar-refractivity contribution in [2.24, 2.45) is 0 Å². The zero-order valence-corrected chi connectivity index (χ0v) is 10.7. The quantitative estimate of drug-likeness (QED) is 0.930. The molecule has 0 atom stereocenters. The molecule has 0 bridgehead atoms. The van der Waals surface area contributed by atoms with Gasteiger partial charge in [-0.15, -0.1) is 0 Å². The lowest BCUT2D eigenvalue weighted by atomic mass is 10.2. The van der Waals surface area contributed by atoms with E-state index in [0.717, 1.165) is 6.07 Å². The maximum Gasteiger partial charge on any atom is 0.419 e. The number of aliphatic hydroxyl groups is 1. The maximum atomic E-state index is 12.8. The second-order valence-corrected chi connectivity index (χ2v) is 4.28. The molecule has 0 radical (unpaired) electrons. The van der Waals surface area contributed by atoms with Gasteiger partial charge in [-0.2, -0.15) is 13.2 Å². The van der Waals surface area contributed by atoms with Gasteiger partial charge in [-0.3, -0.25) is 0 Å². The van der Waals surface area contributed by atoms with Gasteiger partial charge in [0.05, 0.1) is 17.2 Å². The number of para-hydroxylation sites is 1. The van der Waals surface area contributed by atoms with Crippen molar-refractivity contribution in [1.82, 2.24) is 4.98 Å². The van der Waals surface area contributed by atoms with Crippen molar-refractivity contribution in [2.75, 3.05) is 0 Å². The van der Waals surface area contributed by atoms with Crippen molar-refractivity contribution in [3.05, 3.63) is 52.7 Å². The van der Waals surface area contributed by atoms with E-state index in [0.29, 0.717) is 5.56 Å². The van der Waals surface area contributed by atoms with E-state index in [9.17, 15) is 13.2 Å². The first-order valence-corrected chi connectivity index (χ1v) is 5.89. The largest absolute Gasteiger partial charge is 0.438 e. The number of alkyl halides is 3. The van der Waals surface area contributed by atoms with E-state index in [-0.39, 0.29) is 23.3 Å². The van der Waals surface area contributed by atoms with E-state index < -0.39 is 11.7 Å². The van der Waals surface area contributed by atoms with Crippen molar-refractivity contribution < 1.29 is 23.0 Å². The second kappa shape index (κ2) is 5.68. The van der Waals surface area contributed by atoms with E-state index in [2.05, 4.69) is 4.98 Å². The van der Waals surface area contributed by atoms with Crippen LogP contribution in [0.4, 0.5) is 13.2 Å². The van der Waals surface area contributed by atoms with Gasteiger partial charge >= 0.3 is 6.18 Å². The molecule has 2 aromatic rings. The first-order valence-electron chi connectivity index (χ1n) is 5.51. The normalized spacial score (nSPS) is 11.4. The number of halogens is 4. The van der Waals surface area contributed by atoms with Crippen molar-refractivity contribution in [3.63, 3.8) is 0 Å². The molecule has 0 aliphatic heterocycles. The van der Waals surface area contributed by atoms with Crippen LogP contribution in [0.1, 0.15) is 11.1 Å².